The first-order valence-corrected chi connectivity index (χ1v) is 16.9. The Balaban J connectivity index is 1.74. The van der Waals surface area contributed by atoms with Crippen molar-refractivity contribution in [1.82, 2.24) is 4.90 Å². The normalized spacial score (nSPS) is 15.1. The number of rotatable bonds is 9. The van der Waals surface area contributed by atoms with Gasteiger partial charge in [-0.3, -0.25) is 8.98 Å². The summed E-state index contributed by atoms with van der Waals surface area (Å²) in [5, 5.41) is 18.5. The maximum atomic E-state index is 14.5. The summed E-state index contributed by atoms with van der Waals surface area (Å²) >= 11 is 3.35. The minimum absolute atomic E-state index is 0.00799. The van der Waals surface area contributed by atoms with Gasteiger partial charge in [0.05, 0.1) is 37.1 Å². The number of anilines is 2. The number of likely N-dealkylation sites (tertiary alicyclic amines) is 1. The van der Waals surface area contributed by atoms with Crippen molar-refractivity contribution in [3.05, 3.63) is 72.2 Å². The number of hydrogen-bond acceptors (Lipinski definition) is 7. The number of carbonyl (C=O) groups is 1. The molecule has 7 nitrogen and oxygen atoms in total. The summed E-state index contributed by atoms with van der Waals surface area (Å²) in [4.78, 5) is 15.2. The molecule has 0 saturated carbocycles. The van der Waals surface area contributed by atoms with Crippen LogP contribution in [0.3, 0.4) is 0 Å². The fraction of sp³-hybridized carbons (Fsp3) is 0.433. The number of halogens is 2. The highest BCUT2D eigenvalue weighted by Gasteiger charge is 2.49. The van der Waals surface area contributed by atoms with Crippen LogP contribution in [0.4, 0.5) is 15.8 Å². The van der Waals surface area contributed by atoms with Crippen LogP contribution in [-0.2, 0) is 19.9 Å². The predicted molar refractivity (Wildman–Crippen MR) is 169 cm³/mol. The van der Waals surface area contributed by atoms with E-state index in [4.69, 9.17) is 4.18 Å². The molecule has 0 aliphatic carbocycles. The molecule has 0 spiro atoms. The van der Waals surface area contributed by atoms with Crippen molar-refractivity contribution in [2.45, 2.75) is 69.8 Å². The highest BCUT2D eigenvalue weighted by Crippen LogP contribution is 2.47. The molecule has 2 N–H and O–H groups in total. The Morgan fingerprint density at radius 3 is 2.22 bits per heavy atom. The Bertz CT molecular complexity index is 1580. The van der Waals surface area contributed by atoms with Gasteiger partial charge in [-0.2, -0.15) is 8.42 Å². The Hall–Kier alpha value is -2.06. The summed E-state index contributed by atoms with van der Waals surface area (Å²) in [6.45, 7) is 11.7. The topological polar surface area (TPSA) is 95.9 Å². The van der Waals surface area contributed by atoms with Crippen LogP contribution in [0, 0.1) is 9.39 Å². The van der Waals surface area contributed by atoms with Gasteiger partial charge >= 0.3 is 0 Å². The summed E-state index contributed by atoms with van der Waals surface area (Å²) in [7, 11) is -2.95. The van der Waals surface area contributed by atoms with E-state index >= 15 is 0 Å². The minimum Gasteiger partial charge on any atom is -0.381 e. The van der Waals surface area contributed by atoms with Crippen LogP contribution in [0.1, 0.15) is 91.9 Å². The molecule has 0 atom stereocenters. The lowest BCUT2D eigenvalue weighted by molar-refractivity contribution is -0.0878. The Kier molecular flexibility index (Phi) is 9.25. The second-order valence-electron chi connectivity index (χ2n) is 11.4. The third kappa shape index (κ3) is 6.06. The van der Waals surface area contributed by atoms with Crippen LogP contribution < -0.4 is 5.32 Å². The van der Waals surface area contributed by atoms with E-state index in [9.17, 15) is 22.7 Å². The van der Waals surface area contributed by atoms with Crippen molar-refractivity contribution in [1.29, 1.82) is 0 Å². The second-order valence-corrected chi connectivity index (χ2v) is 15.0. The smallest absolute Gasteiger partial charge is 0.297 e. The number of β-amino-alcohol motifs (C(OH)–C–C–N with tert-alkyl or cyclic N) is 1. The number of amides is 1. The zero-order chi connectivity index (χ0) is 30.4. The molecule has 0 bridgehead atoms. The molecule has 2 heterocycles. The number of hydrogen-bond donors (Lipinski definition) is 2. The second kappa shape index (κ2) is 11.9. The van der Waals surface area contributed by atoms with Gasteiger partial charge in [0, 0.05) is 14.3 Å². The Morgan fingerprint density at radius 1 is 1.05 bits per heavy atom. The van der Waals surface area contributed by atoms with Gasteiger partial charge in [0.15, 0.2) is 0 Å². The van der Waals surface area contributed by atoms with Crippen molar-refractivity contribution in [3.8, 4) is 0 Å². The molecule has 3 aromatic rings. The average molecular weight is 715 g/mol. The fourth-order valence-electron chi connectivity index (χ4n) is 5.40. The summed E-state index contributed by atoms with van der Waals surface area (Å²) in [5.41, 5.74) is 2.26. The van der Waals surface area contributed by atoms with Crippen LogP contribution in [0.2, 0.25) is 0 Å². The van der Waals surface area contributed by atoms with Gasteiger partial charge in [-0.05, 0) is 80.8 Å². The Morgan fingerprint density at radius 2 is 1.68 bits per heavy atom. The first kappa shape index (κ1) is 31.9. The number of benzene rings is 2. The average Bonchev–Trinajstić information content (AvgIpc) is 3.34. The lowest BCUT2D eigenvalue weighted by Crippen LogP contribution is -2.62. The van der Waals surface area contributed by atoms with Gasteiger partial charge in [-0.15, -0.1) is 11.3 Å². The highest BCUT2D eigenvalue weighted by molar-refractivity contribution is 14.1. The monoisotopic (exact) mass is 714 g/mol. The van der Waals surface area contributed by atoms with E-state index in [1.165, 1.54) is 22.3 Å². The lowest BCUT2D eigenvalue weighted by atomic mass is 9.74. The van der Waals surface area contributed by atoms with Gasteiger partial charge in [0.1, 0.15) is 16.3 Å². The van der Waals surface area contributed by atoms with Gasteiger partial charge in [0.2, 0.25) is 0 Å². The van der Waals surface area contributed by atoms with Crippen molar-refractivity contribution in [3.63, 3.8) is 0 Å². The number of nitrogens with one attached hydrogen (secondary N) is 1. The van der Waals surface area contributed by atoms with Gasteiger partial charge < -0.3 is 15.3 Å². The molecule has 1 aliphatic rings. The van der Waals surface area contributed by atoms with Crippen LogP contribution in [0.5, 0.6) is 0 Å². The summed E-state index contributed by atoms with van der Waals surface area (Å²) < 4.78 is 46.8. The quantitative estimate of drug-likeness (QED) is 0.179. The van der Waals surface area contributed by atoms with Crippen LogP contribution >= 0.6 is 33.9 Å². The fourth-order valence-corrected chi connectivity index (χ4v) is 7.96. The summed E-state index contributed by atoms with van der Waals surface area (Å²) in [5.74, 6) is -1.08. The van der Waals surface area contributed by atoms with Crippen LogP contribution in [0.15, 0.2) is 39.9 Å². The van der Waals surface area contributed by atoms with Gasteiger partial charge in [-0.1, -0.05) is 47.6 Å². The van der Waals surface area contributed by atoms with E-state index < -0.39 is 21.5 Å². The summed E-state index contributed by atoms with van der Waals surface area (Å²) in [6.07, 6.45) is 0. The molecule has 4 rings (SSSR count). The maximum Gasteiger partial charge on any atom is 0.297 e. The predicted octanol–water partition coefficient (Wildman–Crippen LogP) is 7.28. The van der Waals surface area contributed by atoms with Crippen molar-refractivity contribution >= 4 is 61.3 Å². The van der Waals surface area contributed by atoms with Gasteiger partial charge in [-0.25, -0.2) is 4.39 Å². The van der Waals surface area contributed by atoms with E-state index in [0.29, 0.717) is 27.9 Å². The van der Waals surface area contributed by atoms with Crippen molar-refractivity contribution < 1.29 is 26.9 Å². The zero-order valence-corrected chi connectivity index (χ0v) is 28.0. The third-order valence-corrected chi connectivity index (χ3v) is 10.2. The summed E-state index contributed by atoms with van der Waals surface area (Å²) in [6, 6.07) is 6.68. The van der Waals surface area contributed by atoms with E-state index in [0.717, 1.165) is 16.2 Å². The molecule has 1 amide bonds. The standard InChI is InChI=1S/C30H36FIN2O5S2/c1-16(2)20-11-21(17(3)4)28(41(37,38)39-7)26(18(5)6)27(20)30(36)14-34(15-30)29(35)22-12-40-13-25(22)33-24-9-8-19(32)10-23(24)31/h8-13,16-18,33,36H,14-15H2,1-7H3. The van der Waals surface area contributed by atoms with Gasteiger partial charge in [0.25, 0.3) is 16.0 Å². The van der Waals surface area contributed by atoms with Crippen LogP contribution in [0.25, 0.3) is 0 Å². The van der Waals surface area contributed by atoms with Crippen molar-refractivity contribution in [2.24, 2.45) is 0 Å². The SMILES string of the molecule is COS(=O)(=O)c1c(C(C)C)cc(C(C)C)c(C2(O)CN(C(=O)c3cscc3Nc3ccc(I)cc3F)C2)c1C(C)C. The first-order valence-electron chi connectivity index (χ1n) is 13.4. The molecule has 11 heteroatoms. The lowest BCUT2D eigenvalue weighted by Gasteiger charge is -2.49. The number of carbonyl (C=O) groups excluding carboxylic acids is 1. The van der Waals surface area contributed by atoms with Crippen LogP contribution in [-0.4, -0.2) is 44.5 Å². The molecule has 1 aliphatic heterocycles. The van der Waals surface area contributed by atoms with Crippen molar-refractivity contribution in [2.75, 3.05) is 25.5 Å². The Labute approximate surface area is 259 Å². The van der Waals surface area contributed by atoms with E-state index in [-0.39, 0.29) is 47.3 Å². The molecule has 1 aromatic heterocycles. The molecule has 0 unspecified atom stereocenters. The molecule has 222 valence electrons. The highest BCUT2D eigenvalue weighted by atomic mass is 127. The molecular weight excluding hydrogens is 678 g/mol. The maximum absolute atomic E-state index is 14.5. The van der Waals surface area contributed by atoms with E-state index in [1.807, 2.05) is 70.2 Å². The molecule has 1 fully saturated rings. The first-order chi connectivity index (χ1) is 19.1. The third-order valence-electron chi connectivity index (χ3n) is 7.42. The molecule has 41 heavy (non-hydrogen) atoms. The number of aliphatic hydroxyl groups is 1. The molecule has 0 radical (unpaired) electrons. The molecule has 1 saturated heterocycles. The van der Waals surface area contributed by atoms with E-state index in [1.54, 1.807) is 22.9 Å². The number of nitrogens with zero attached hydrogens (tertiary/aromatic N) is 1. The molecular formula is C30H36FIN2O5S2. The largest absolute Gasteiger partial charge is 0.381 e. The number of thiophene rings is 1. The molecule has 2 aromatic carbocycles. The minimum atomic E-state index is -4.10. The van der Waals surface area contributed by atoms with E-state index in [2.05, 4.69) is 5.32 Å². The zero-order valence-electron chi connectivity index (χ0n) is 24.2.